The van der Waals surface area contributed by atoms with Gasteiger partial charge in [-0.2, -0.15) is 0 Å². The van der Waals surface area contributed by atoms with Crippen LogP contribution in [0.4, 0.5) is 17.1 Å². The summed E-state index contributed by atoms with van der Waals surface area (Å²) in [4.78, 5) is 2.69. The van der Waals surface area contributed by atoms with Crippen LogP contribution in [-0.2, 0) is 32.5 Å². The highest BCUT2D eigenvalue weighted by Gasteiger charge is 2.51. The lowest BCUT2D eigenvalue weighted by molar-refractivity contribution is 0.573. The molecule has 2 nitrogen and oxygen atoms in total. The van der Waals surface area contributed by atoms with Crippen molar-refractivity contribution in [3.8, 4) is 0 Å². The van der Waals surface area contributed by atoms with E-state index in [1.807, 2.05) is 0 Å². The Morgan fingerprint density at radius 3 is 1.62 bits per heavy atom. The van der Waals surface area contributed by atoms with Gasteiger partial charge in [0.1, 0.15) is 11.2 Å². The van der Waals surface area contributed by atoms with E-state index in [1.54, 1.807) is 0 Å². The van der Waals surface area contributed by atoms with Crippen molar-refractivity contribution in [1.82, 2.24) is 0 Å². The van der Waals surface area contributed by atoms with E-state index in [-0.39, 0.29) is 39.2 Å². The van der Waals surface area contributed by atoms with Crippen LogP contribution >= 0.6 is 0 Å². The van der Waals surface area contributed by atoms with Crippen LogP contribution < -0.4 is 21.3 Å². The second kappa shape index (κ2) is 10.8. The van der Waals surface area contributed by atoms with Gasteiger partial charge in [0.05, 0.1) is 5.69 Å². The summed E-state index contributed by atoms with van der Waals surface area (Å²) in [6.07, 6.45) is 0. The molecule has 4 heterocycles. The molecule has 0 saturated carbocycles. The Morgan fingerprint density at radius 1 is 0.455 bits per heavy atom. The number of nitrogens with zero attached hydrogens (tertiary/aromatic N) is 1. The van der Waals surface area contributed by atoms with Crippen molar-refractivity contribution in [1.29, 1.82) is 0 Å². The molecule has 0 bridgehead atoms. The molecule has 5 aromatic carbocycles. The minimum absolute atomic E-state index is 0.0238. The number of hydrogen-bond acceptors (Lipinski definition) is 2. The van der Waals surface area contributed by atoms with Gasteiger partial charge in [-0.3, -0.25) is 0 Å². The molecule has 1 aromatic heterocycles. The monoisotopic (exact) mass is 725 g/mol. The van der Waals surface area contributed by atoms with E-state index in [4.69, 9.17) is 4.42 Å². The van der Waals surface area contributed by atoms with Crippen molar-refractivity contribution in [3.05, 3.63) is 117 Å². The van der Waals surface area contributed by atoms with Gasteiger partial charge in [0.2, 0.25) is 6.71 Å². The third kappa shape index (κ3) is 5.06. The average Bonchev–Trinajstić information content (AvgIpc) is 3.43. The first-order chi connectivity index (χ1) is 25.3. The fraction of sp³-hybridized carbons (Fsp3) is 0.423. The Bertz CT molecular complexity index is 2640. The predicted molar refractivity (Wildman–Crippen MR) is 239 cm³/mol. The Balaban J connectivity index is 1.45. The molecule has 0 N–H and O–H groups in total. The lowest BCUT2D eigenvalue weighted by atomic mass is 9.29. The molecular weight excluding hydrogens is 665 g/mol. The molecule has 55 heavy (non-hydrogen) atoms. The van der Waals surface area contributed by atoms with E-state index in [1.165, 1.54) is 88.7 Å². The fourth-order valence-electron chi connectivity index (χ4n) is 10.0. The Kier molecular flexibility index (Phi) is 7.14. The third-order valence-corrected chi connectivity index (χ3v) is 13.7. The van der Waals surface area contributed by atoms with Crippen LogP contribution in [0.3, 0.4) is 0 Å². The maximum absolute atomic E-state index is 6.74. The van der Waals surface area contributed by atoms with Gasteiger partial charge in [-0.15, -0.1) is 0 Å². The summed E-state index contributed by atoms with van der Waals surface area (Å²) in [5, 5.41) is 2.43. The summed E-state index contributed by atoms with van der Waals surface area (Å²) >= 11 is 0. The van der Waals surface area contributed by atoms with Crippen molar-refractivity contribution >= 4 is 62.1 Å². The Morgan fingerprint density at radius 2 is 0.982 bits per heavy atom. The highest BCUT2D eigenvalue weighted by molar-refractivity contribution is 6.99. The lowest BCUT2D eigenvalue weighted by Crippen LogP contribution is -2.65. The molecule has 0 aliphatic carbocycles. The highest BCUT2D eigenvalue weighted by Crippen LogP contribution is 2.55. The number of furan rings is 1. The van der Waals surface area contributed by atoms with E-state index in [0.29, 0.717) is 0 Å². The minimum atomic E-state index is -0.253. The summed E-state index contributed by atoms with van der Waals surface area (Å²) < 4.78 is 6.74. The standard InChI is InChI=1S/C52H60BNO/c1-47(2,3)29-18-20-43-33(21-29)34-27-39-35(28-44(34)55-43)51(13,14)37-23-32(50(10,11)12)26-42-45(37)53(39)40-25-31(49(7,8)9)24-38-46(40)54(42)41-19-17-30(48(4,5)6)22-36(41)52(38,15)16/h17-28H,1-16H3. The quantitative estimate of drug-likeness (QED) is 0.145. The molecule has 0 radical (unpaired) electrons. The number of hydrogen-bond donors (Lipinski definition) is 0. The van der Waals surface area contributed by atoms with Gasteiger partial charge in [0, 0.05) is 33.0 Å². The molecule has 0 amide bonds. The summed E-state index contributed by atoms with van der Waals surface area (Å²) in [6.45, 7) is 38.1. The summed E-state index contributed by atoms with van der Waals surface area (Å²) in [5.74, 6) is 0. The minimum Gasteiger partial charge on any atom is -0.456 e. The second-order valence-corrected chi connectivity index (χ2v) is 22.4. The zero-order valence-electron chi connectivity index (χ0n) is 36.4. The van der Waals surface area contributed by atoms with Crippen LogP contribution in [0.1, 0.15) is 155 Å². The first kappa shape index (κ1) is 36.4. The van der Waals surface area contributed by atoms with Gasteiger partial charge in [0.25, 0.3) is 0 Å². The maximum Gasteiger partial charge on any atom is 0.247 e. The zero-order valence-corrected chi connectivity index (χ0v) is 36.4. The van der Waals surface area contributed by atoms with Gasteiger partial charge in [0.15, 0.2) is 0 Å². The molecule has 3 aliphatic rings. The van der Waals surface area contributed by atoms with E-state index in [9.17, 15) is 0 Å². The summed E-state index contributed by atoms with van der Waals surface area (Å²) in [5.41, 5.74) is 21.0. The van der Waals surface area contributed by atoms with Crippen LogP contribution in [0.15, 0.2) is 77.2 Å². The molecule has 0 saturated heterocycles. The molecule has 0 atom stereocenters. The lowest BCUT2D eigenvalue weighted by Gasteiger charge is -2.51. The van der Waals surface area contributed by atoms with Crippen molar-refractivity contribution < 1.29 is 4.42 Å². The van der Waals surface area contributed by atoms with Gasteiger partial charge >= 0.3 is 0 Å². The largest absolute Gasteiger partial charge is 0.456 e. The van der Waals surface area contributed by atoms with E-state index < -0.39 is 0 Å². The topological polar surface area (TPSA) is 16.4 Å². The van der Waals surface area contributed by atoms with Crippen LogP contribution in [0.25, 0.3) is 21.9 Å². The van der Waals surface area contributed by atoms with Crippen molar-refractivity contribution in [2.24, 2.45) is 0 Å². The molecule has 0 fully saturated rings. The molecule has 282 valence electrons. The molecule has 0 spiro atoms. The predicted octanol–water partition coefficient (Wildman–Crippen LogP) is 12.4. The molecule has 3 heteroatoms. The van der Waals surface area contributed by atoms with Crippen LogP contribution in [0, 0.1) is 0 Å². The van der Waals surface area contributed by atoms with Crippen LogP contribution in [-0.4, -0.2) is 6.71 Å². The molecule has 3 aliphatic heterocycles. The first-order valence-corrected chi connectivity index (χ1v) is 20.6. The van der Waals surface area contributed by atoms with E-state index >= 15 is 0 Å². The first-order valence-electron chi connectivity index (χ1n) is 20.6. The average molecular weight is 726 g/mol. The molecule has 9 rings (SSSR count). The second-order valence-electron chi connectivity index (χ2n) is 22.4. The number of anilines is 3. The van der Waals surface area contributed by atoms with Gasteiger partial charge in [-0.1, -0.05) is 159 Å². The van der Waals surface area contributed by atoms with Crippen LogP contribution in [0.2, 0.25) is 0 Å². The fourth-order valence-corrected chi connectivity index (χ4v) is 10.0. The molecular formula is C52H60BNO. The van der Waals surface area contributed by atoms with Crippen molar-refractivity contribution in [2.75, 3.05) is 4.90 Å². The zero-order chi connectivity index (χ0) is 39.7. The number of fused-ring (bicyclic) bond motifs is 9. The molecule has 6 aromatic rings. The highest BCUT2D eigenvalue weighted by atomic mass is 16.3. The smallest absolute Gasteiger partial charge is 0.247 e. The van der Waals surface area contributed by atoms with Gasteiger partial charge in [-0.25, -0.2) is 0 Å². The maximum atomic E-state index is 6.74. The Labute approximate surface area is 330 Å². The van der Waals surface area contributed by atoms with Crippen molar-refractivity contribution in [3.63, 3.8) is 0 Å². The summed E-state index contributed by atoms with van der Waals surface area (Å²) in [7, 11) is 0. The van der Waals surface area contributed by atoms with Gasteiger partial charge < -0.3 is 9.32 Å². The SMILES string of the molecule is CC(C)(C)c1ccc2c(c1)C(C)(C)c1cc(C(C)(C)C)cc3c1N2c1cc(C(C)(C)C)cc2c1B3c1cc3c(cc1C2(C)C)oc1ccc(C(C)(C)C)cc13. The number of rotatable bonds is 0. The Hall–Kier alpha value is -4.24. The summed E-state index contributed by atoms with van der Waals surface area (Å²) in [6, 6.07) is 29.4. The van der Waals surface area contributed by atoms with E-state index in [0.717, 1.165) is 11.2 Å². The van der Waals surface area contributed by atoms with Crippen LogP contribution in [0.5, 0.6) is 0 Å². The van der Waals surface area contributed by atoms with E-state index in [2.05, 4.69) is 188 Å². The van der Waals surface area contributed by atoms with Crippen molar-refractivity contribution in [2.45, 2.75) is 143 Å². The third-order valence-electron chi connectivity index (χ3n) is 13.7. The number of benzene rings is 5. The molecule has 0 unspecified atom stereocenters. The normalized spacial score (nSPS) is 16.9. The van der Waals surface area contributed by atoms with Gasteiger partial charge in [-0.05, 0) is 107 Å².